The highest BCUT2D eigenvalue weighted by Gasteiger charge is 2.32. The molecular weight excluding hydrogens is 626 g/mol. The molecule has 14 N–H and O–H groups in total. The lowest BCUT2D eigenvalue weighted by atomic mass is 10.1. The Hall–Kier alpha value is -4.66. The summed E-state index contributed by atoms with van der Waals surface area (Å²) in [6, 6.07) is -8.56. The van der Waals surface area contributed by atoms with E-state index in [0.717, 1.165) is 0 Å². The number of carboxylic acid groups (broad SMARTS) is 2. The van der Waals surface area contributed by atoms with Gasteiger partial charge < -0.3 is 63.5 Å². The summed E-state index contributed by atoms with van der Waals surface area (Å²) in [6.45, 7) is 1.88. The van der Waals surface area contributed by atoms with Crippen LogP contribution in [0.1, 0.15) is 51.6 Å². The van der Waals surface area contributed by atoms with Crippen molar-refractivity contribution in [3.63, 3.8) is 0 Å². The van der Waals surface area contributed by atoms with Gasteiger partial charge in [0.05, 0.1) is 19.0 Å². The maximum atomic E-state index is 13.2. The number of H-pyrrole nitrogens is 1. The second-order valence-electron chi connectivity index (χ2n) is 10.8. The molecule has 7 atom stereocenters. The van der Waals surface area contributed by atoms with Crippen LogP contribution in [-0.4, -0.2) is 127 Å². The van der Waals surface area contributed by atoms with E-state index < -0.39 is 103 Å². The number of aliphatic hydroxyl groups is 2. The van der Waals surface area contributed by atoms with Crippen LogP contribution in [0.3, 0.4) is 0 Å². The Morgan fingerprint density at radius 3 is 1.91 bits per heavy atom. The number of carbonyl (C=O) groups is 7. The summed E-state index contributed by atoms with van der Waals surface area (Å²) < 4.78 is 0. The number of aromatic nitrogens is 2. The number of aliphatic carboxylic acids is 2. The maximum absolute atomic E-state index is 13.2. The van der Waals surface area contributed by atoms with E-state index in [-0.39, 0.29) is 12.8 Å². The Kier molecular flexibility index (Phi) is 17.6. The highest BCUT2D eigenvalue weighted by Crippen LogP contribution is 2.05. The maximum Gasteiger partial charge on any atom is 0.326 e. The van der Waals surface area contributed by atoms with Crippen LogP contribution in [0.5, 0.6) is 0 Å². The minimum Gasteiger partial charge on any atom is -0.481 e. The summed E-state index contributed by atoms with van der Waals surface area (Å²) in [6.07, 6.45) is 1.27. The van der Waals surface area contributed by atoms with Crippen LogP contribution in [0.2, 0.25) is 0 Å². The smallest absolute Gasteiger partial charge is 0.326 e. The van der Waals surface area contributed by atoms with Crippen molar-refractivity contribution >= 4 is 41.5 Å². The lowest BCUT2D eigenvalue weighted by molar-refractivity contribution is -0.142. The van der Waals surface area contributed by atoms with Gasteiger partial charge in [-0.3, -0.25) is 28.8 Å². The van der Waals surface area contributed by atoms with Crippen LogP contribution in [0, 0.1) is 0 Å². The Balaban J connectivity index is 3.05. The van der Waals surface area contributed by atoms with Gasteiger partial charge in [-0.2, -0.15) is 0 Å². The molecule has 0 radical (unpaired) electrons. The van der Waals surface area contributed by atoms with Gasteiger partial charge in [0.15, 0.2) is 0 Å². The van der Waals surface area contributed by atoms with E-state index in [9.17, 15) is 48.9 Å². The Bertz CT molecular complexity index is 1210. The fourth-order valence-corrected chi connectivity index (χ4v) is 4.01. The molecule has 5 amide bonds. The summed E-state index contributed by atoms with van der Waals surface area (Å²) in [7, 11) is 0. The first-order chi connectivity index (χ1) is 22.1. The van der Waals surface area contributed by atoms with E-state index in [4.69, 9.17) is 16.6 Å². The average molecular weight is 672 g/mol. The number of aromatic amines is 1. The molecule has 1 heterocycles. The van der Waals surface area contributed by atoms with Crippen LogP contribution in [-0.2, 0) is 40.0 Å². The second kappa shape index (κ2) is 20.5. The number of hydrogen-bond donors (Lipinski definition) is 12. The first-order valence-electron chi connectivity index (χ1n) is 14.8. The zero-order valence-electron chi connectivity index (χ0n) is 26.1. The minimum absolute atomic E-state index is 0.111. The molecule has 0 bridgehead atoms. The molecule has 0 unspecified atom stereocenters. The monoisotopic (exact) mass is 671 g/mol. The predicted molar refractivity (Wildman–Crippen MR) is 162 cm³/mol. The molecule has 0 aliphatic rings. The summed E-state index contributed by atoms with van der Waals surface area (Å²) in [5, 5.41) is 49.4. The van der Waals surface area contributed by atoms with Gasteiger partial charge in [-0.25, -0.2) is 9.78 Å². The molecule has 0 spiro atoms. The number of carbonyl (C=O) groups excluding carboxylic acids is 5. The van der Waals surface area contributed by atoms with Crippen LogP contribution < -0.4 is 38.1 Å². The number of hydrogen-bond acceptors (Lipinski definition) is 12. The number of nitrogens with one attached hydrogen (secondary N) is 6. The third-order valence-electron chi connectivity index (χ3n) is 6.84. The molecule has 1 aromatic heterocycles. The predicted octanol–water partition coefficient (Wildman–Crippen LogP) is -4.83. The number of carboxylic acids is 2. The van der Waals surface area contributed by atoms with Gasteiger partial charge in [-0.1, -0.05) is 0 Å². The molecule has 1 rings (SSSR count). The number of nitrogens with two attached hydrogens (primary N) is 2. The topological polar surface area (TPSA) is 341 Å². The number of amides is 5. The highest BCUT2D eigenvalue weighted by atomic mass is 16.4. The van der Waals surface area contributed by atoms with E-state index in [1.165, 1.54) is 26.4 Å². The number of rotatable bonds is 22. The zero-order valence-corrected chi connectivity index (χ0v) is 26.1. The molecule has 47 heavy (non-hydrogen) atoms. The van der Waals surface area contributed by atoms with E-state index in [1.807, 2.05) is 0 Å². The van der Waals surface area contributed by atoms with Crippen molar-refractivity contribution in [2.45, 2.75) is 94.7 Å². The van der Waals surface area contributed by atoms with Crippen molar-refractivity contribution < 1.29 is 54.0 Å². The van der Waals surface area contributed by atoms with Gasteiger partial charge in [0.25, 0.3) is 0 Å². The fraction of sp³-hybridized carbons (Fsp3) is 0.630. The Morgan fingerprint density at radius 1 is 0.809 bits per heavy atom. The SMILES string of the molecule is C[C@H](NC(=O)[C@H](Cc1cnc[nH]1)NC(=O)[C@H](CO)NC(=O)[C@H](CCC(=O)O)NC(=O)[C@@H](N)[C@@H](C)O)C(=O)N[C@@H](CCCCN)C(=O)O. The summed E-state index contributed by atoms with van der Waals surface area (Å²) >= 11 is 0. The largest absolute Gasteiger partial charge is 0.481 e. The molecule has 20 heteroatoms. The average Bonchev–Trinajstić information content (AvgIpc) is 3.53. The van der Waals surface area contributed by atoms with Gasteiger partial charge in [-0.05, 0) is 46.1 Å². The van der Waals surface area contributed by atoms with E-state index >= 15 is 0 Å². The highest BCUT2D eigenvalue weighted by molar-refractivity contribution is 5.96. The molecule has 264 valence electrons. The molecule has 20 nitrogen and oxygen atoms in total. The van der Waals surface area contributed by atoms with E-state index in [1.54, 1.807) is 0 Å². The molecule has 0 aromatic carbocycles. The molecule has 1 aromatic rings. The number of imidazole rings is 1. The third-order valence-corrected chi connectivity index (χ3v) is 6.84. The number of unbranched alkanes of at least 4 members (excludes halogenated alkanes) is 1. The van der Waals surface area contributed by atoms with Crippen molar-refractivity contribution in [2.24, 2.45) is 11.5 Å². The zero-order chi connectivity index (χ0) is 35.7. The molecule has 0 aliphatic carbocycles. The van der Waals surface area contributed by atoms with Gasteiger partial charge >= 0.3 is 11.9 Å². The molecular formula is C27H45N9O11. The van der Waals surface area contributed by atoms with Crippen LogP contribution >= 0.6 is 0 Å². The van der Waals surface area contributed by atoms with Crippen LogP contribution in [0.15, 0.2) is 12.5 Å². The summed E-state index contributed by atoms with van der Waals surface area (Å²) in [5.74, 6) is -7.36. The fourth-order valence-electron chi connectivity index (χ4n) is 4.01. The molecule has 0 fully saturated rings. The first-order valence-corrected chi connectivity index (χ1v) is 14.8. The molecule has 0 aliphatic heterocycles. The summed E-state index contributed by atoms with van der Waals surface area (Å²) in [4.78, 5) is 93.6. The van der Waals surface area contributed by atoms with Gasteiger partial charge in [0.1, 0.15) is 36.3 Å². The normalized spacial score (nSPS) is 15.4. The van der Waals surface area contributed by atoms with Gasteiger partial charge in [-0.15, -0.1) is 0 Å². The molecule has 0 saturated carbocycles. The number of nitrogens with zero attached hydrogens (tertiary/aromatic N) is 1. The first kappa shape index (κ1) is 40.4. The van der Waals surface area contributed by atoms with Crippen LogP contribution in [0.4, 0.5) is 0 Å². The van der Waals surface area contributed by atoms with Crippen molar-refractivity contribution in [1.82, 2.24) is 36.6 Å². The standard InChI is InChI=1S/C27H45N9O11/c1-13(22(41)34-17(27(46)47)5-3-4-8-28)32-24(43)18(9-15-10-30-12-31-15)35-25(44)19(11-37)36-23(42)16(6-7-20(39)40)33-26(45)21(29)14(2)38/h10,12-14,16-19,21,37-38H,3-9,11,28-29H2,1-2H3,(H,30,31)(H,32,43)(H,33,45)(H,34,41)(H,35,44)(H,36,42)(H,39,40)(H,46,47)/t13-,14+,16-,17-,18-,19-,21-/m0/s1. The Labute approximate surface area is 269 Å². The molecule has 0 saturated heterocycles. The van der Waals surface area contributed by atoms with Crippen molar-refractivity contribution in [3.05, 3.63) is 18.2 Å². The van der Waals surface area contributed by atoms with Gasteiger partial charge in [0.2, 0.25) is 29.5 Å². The third kappa shape index (κ3) is 14.5. The van der Waals surface area contributed by atoms with Crippen molar-refractivity contribution in [1.29, 1.82) is 0 Å². The number of aliphatic hydroxyl groups excluding tert-OH is 2. The lowest BCUT2D eigenvalue weighted by Gasteiger charge is -2.26. The lowest BCUT2D eigenvalue weighted by Crippen LogP contribution is -2.60. The van der Waals surface area contributed by atoms with Crippen molar-refractivity contribution in [3.8, 4) is 0 Å². The quantitative estimate of drug-likeness (QED) is 0.0515. The van der Waals surface area contributed by atoms with Gasteiger partial charge in [0, 0.05) is 24.7 Å². The van der Waals surface area contributed by atoms with E-state index in [2.05, 4.69) is 36.6 Å². The minimum atomic E-state index is -1.69. The summed E-state index contributed by atoms with van der Waals surface area (Å²) in [5.41, 5.74) is 11.4. The van der Waals surface area contributed by atoms with Crippen molar-refractivity contribution in [2.75, 3.05) is 13.2 Å². The van der Waals surface area contributed by atoms with Crippen LogP contribution in [0.25, 0.3) is 0 Å². The second-order valence-corrected chi connectivity index (χ2v) is 10.8. The Morgan fingerprint density at radius 2 is 1.38 bits per heavy atom. The van der Waals surface area contributed by atoms with E-state index in [0.29, 0.717) is 25.1 Å².